The van der Waals surface area contributed by atoms with Crippen molar-refractivity contribution in [3.63, 3.8) is 0 Å². The Morgan fingerprint density at radius 2 is 2.00 bits per heavy atom. The van der Waals surface area contributed by atoms with Crippen LogP contribution in [0.15, 0.2) is 0 Å². The molecule has 116 valence electrons. The predicted molar refractivity (Wildman–Crippen MR) is 78.3 cm³/mol. The second kappa shape index (κ2) is 7.07. The summed E-state index contributed by atoms with van der Waals surface area (Å²) in [6.45, 7) is 10.4. The predicted octanol–water partition coefficient (Wildman–Crippen LogP) is 1.61. The third-order valence-electron chi connectivity index (χ3n) is 3.09. The minimum Gasteiger partial charge on any atom is -0.458 e. The van der Waals surface area contributed by atoms with Gasteiger partial charge in [0.1, 0.15) is 11.6 Å². The van der Waals surface area contributed by atoms with Crippen LogP contribution >= 0.6 is 0 Å². The zero-order chi connectivity index (χ0) is 15.3. The van der Waals surface area contributed by atoms with E-state index < -0.39 is 11.6 Å². The van der Waals surface area contributed by atoms with Gasteiger partial charge in [-0.3, -0.25) is 4.79 Å². The van der Waals surface area contributed by atoms with Gasteiger partial charge in [0.05, 0.1) is 6.04 Å². The molecule has 0 aliphatic carbocycles. The Kier molecular flexibility index (Phi) is 5.99. The van der Waals surface area contributed by atoms with Crippen LogP contribution < -0.4 is 10.6 Å². The Labute approximate surface area is 121 Å². The topological polar surface area (TPSA) is 67.4 Å². The molecule has 1 saturated heterocycles. The standard InChI is InChI=1S/C15H28N2O3/c1-10(2)9-12(14(19)20-15(3,4)5)17-13(18)11-7-6-8-16-11/h10-12,16H,6-9H2,1-5H3,(H,17,18)/t11-,12?/m0/s1. The first kappa shape index (κ1) is 17.0. The molecular formula is C15H28N2O3. The molecule has 0 spiro atoms. The molecule has 1 unspecified atom stereocenters. The molecule has 2 atom stereocenters. The van der Waals surface area contributed by atoms with Gasteiger partial charge < -0.3 is 15.4 Å². The third kappa shape index (κ3) is 5.90. The van der Waals surface area contributed by atoms with Crippen molar-refractivity contribution in [1.82, 2.24) is 10.6 Å². The third-order valence-corrected chi connectivity index (χ3v) is 3.09. The molecule has 5 nitrogen and oxygen atoms in total. The number of amides is 1. The number of hydrogen-bond donors (Lipinski definition) is 2. The average molecular weight is 284 g/mol. The van der Waals surface area contributed by atoms with Crippen LogP contribution in [-0.4, -0.2) is 36.1 Å². The van der Waals surface area contributed by atoms with Crippen molar-refractivity contribution >= 4 is 11.9 Å². The van der Waals surface area contributed by atoms with Crippen LogP contribution in [-0.2, 0) is 14.3 Å². The zero-order valence-corrected chi connectivity index (χ0v) is 13.3. The molecule has 1 fully saturated rings. The largest absolute Gasteiger partial charge is 0.458 e. The number of ether oxygens (including phenoxy) is 1. The van der Waals surface area contributed by atoms with E-state index in [1.54, 1.807) is 0 Å². The van der Waals surface area contributed by atoms with Crippen molar-refractivity contribution in [3.05, 3.63) is 0 Å². The van der Waals surface area contributed by atoms with E-state index in [0.29, 0.717) is 12.3 Å². The van der Waals surface area contributed by atoms with Gasteiger partial charge in [-0.2, -0.15) is 0 Å². The van der Waals surface area contributed by atoms with Crippen LogP contribution in [0.3, 0.4) is 0 Å². The lowest BCUT2D eigenvalue weighted by Gasteiger charge is -2.26. The van der Waals surface area contributed by atoms with Crippen LogP contribution in [0.5, 0.6) is 0 Å². The van der Waals surface area contributed by atoms with E-state index in [4.69, 9.17) is 4.74 Å². The second-order valence-electron chi connectivity index (χ2n) is 6.87. The fourth-order valence-electron chi connectivity index (χ4n) is 2.24. The Hall–Kier alpha value is -1.10. The maximum Gasteiger partial charge on any atom is 0.329 e. The molecule has 20 heavy (non-hydrogen) atoms. The molecule has 1 amide bonds. The number of hydrogen-bond acceptors (Lipinski definition) is 4. The minimum absolute atomic E-state index is 0.0981. The van der Waals surface area contributed by atoms with Gasteiger partial charge in [-0.15, -0.1) is 0 Å². The molecule has 0 bridgehead atoms. The maximum absolute atomic E-state index is 12.2. The highest BCUT2D eigenvalue weighted by atomic mass is 16.6. The van der Waals surface area contributed by atoms with Crippen molar-refractivity contribution in [2.45, 2.75) is 71.6 Å². The van der Waals surface area contributed by atoms with Crippen LogP contribution in [0.2, 0.25) is 0 Å². The van der Waals surface area contributed by atoms with E-state index in [-0.39, 0.29) is 17.9 Å². The van der Waals surface area contributed by atoms with E-state index in [9.17, 15) is 9.59 Å². The smallest absolute Gasteiger partial charge is 0.329 e. The van der Waals surface area contributed by atoms with Crippen molar-refractivity contribution in [3.8, 4) is 0 Å². The molecule has 1 aliphatic rings. The van der Waals surface area contributed by atoms with Crippen molar-refractivity contribution in [2.75, 3.05) is 6.54 Å². The van der Waals surface area contributed by atoms with Crippen LogP contribution in [0.25, 0.3) is 0 Å². The zero-order valence-electron chi connectivity index (χ0n) is 13.3. The summed E-state index contributed by atoms with van der Waals surface area (Å²) in [5.41, 5.74) is -0.539. The fraction of sp³-hybridized carbons (Fsp3) is 0.867. The number of rotatable bonds is 5. The summed E-state index contributed by atoms with van der Waals surface area (Å²) < 4.78 is 5.39. The first-order valence-corrected chi connectivity index (χ1v) is 7.45. The van der Waals surface area contributed by atoms with Gasteiger partial charge in [-0.05, 0) is 52.5 Å². The van der Waals surface area contributed by atoms with Gasteiger partial charge >= 0.3 is 5.97 Å². The van der Waals surface area contributed by atoms with Gasteiger partial charge in [0, 0.05) is 0 Å². The molecule has 1 aliphatic heterocycles. The molecule has 0 aromatic rings. The lowest BCUT2D eigenvalue weighted by Crippen LogP contribution is -2.50. The van der Waals surface area contributed by atoms with E-state index in [1.165, 1.54) is 0 Å². The normalized spacial score (nSPS) is 20.8. The number of carbonyl (C=O) groups is 2. The van der Waals surface area contributed by atoms with Crippen LogP contribution in [0.1, 0.15) is 53.9 Å². The van der Waals surface area contributed by atoms with Gasteiger partial charge in [-0.25, -0.2) is 4.79 Å². The Morgan fingerprint density at radius 1 is 1.35 bits per heavy atom. The number of nitrogens with one attached hydrogen (secondary N) is 2. The Bertz CT molecular complexity index is 342. The van der Waals surface area contributed by atoms with E-state index in [1.807, 2.05) is 34.6 Å². The van der Waals surface area contributed by atoms with Gasteiger partial charge in [0.2, 0.25) is 5.91 Å². The lowest BCUT2D eigenvalue weighted by molar-refractivity contribution is -0.159. The summed E-state index contributed by atoms with van der Waals surface area (Å²) in [5.74, 6) is -0.138. The molecule has 0 aromatic carbocycles. The molecule has 5 heteroatoms. The Balaban J connectivity index is 2.63. The summed E-state index contributed by atoms with van der Waals surface area (Å²) in [4.78, 5) is 24.3. The summed E-state index contributed by atoms with van der Waals surface area (Å²) >= 11 is 0. The summed E-state index contributed by atoms with van der Waals surface area (Å²) in [6, 6.07) is -0.740. The van der Waals surface area contributed by atoms with E-state index >= 15 is 0 Å². The summed E-state index contributed by atoms with van der Waals surface area (Å²) in [5, 5.41) is 5.97. The van der Waals surface area contributed by atoms with Crippen molar-refractivity contribution in [2.24, 2.45) is 5.92 Å². The number of esters is 1. The lowest BCUT2D eigenvalue weighted by atomic mass is 10.0. The molecule has 1 heterocycles. The first-order valence-electron chi connectivity index (χ1n) is 7.45. The van der Waals surface area contributed by atoms with Gasteiger partial charge in [0.25, 0.3) is 0 Å². The van der Waals surface area contributed by atoms with Gasteiger partial charge in [0.15, 0.2) is 0 Å². The highest BCUT2D eigenvalue weighted by molar-refractivity contribution is 5.87. The minimum atomic E-state index is -0.566. The summed E-state index contributed by atoms with van der Waals surface area (Å²) in [6.07, 6.45) is 2.42. The molecule has 0 aromatic heterocycles. The molecule has 2 N–H and O–H groups in total. The summed E-state index contributed by atoms with van der Waals surface area (Å²) in [7, 11) is 0. The van der Waals surface area contributed by atoms with Crippen LogP contribution in [0.4, 0.5) is 0 Å². The first-order chi connectivity index (χ1) is 9.19. The molecular weight excluding hydrogens is 256 g/mol. The number of carbonyl (C=O) groups excluding carboxylic acids is 2. The monoisotopic (exact) mass is 284 g/mol. The highest BCUT2D eigenvalue weighted by Gasteiger charge is 2.30. The van der Waals surface area contributed by atoms with Gasteiger partial charge in [-0.1, -0.05) is 13.8 Å². The average Bonchev–Trinajstić information content (AvgIpc) is 2.78. The van der Waals surface area contributed by atoms with E-state index in [0.717, 1.165) is 19.4 Å². The van der Waals surface area contributed by atoms with Crippen molar-refractivity contribution in [1.29, 1.82) is 0 Å². The molecule has 0 saturated carbocycles. The molecule has 1 rings (SSSR count). The van der Waals surface area contributed by atoms with Crippen LogP contribution in [0, 0.1) is 5.92 Å². The van der Waals surface area contributed by atoms with Crippen molar-refractivity contribution < 1.29 is 14.3 Å². The Morgan fingerprint density at radius 3 is 2.45 bits per heavy atom. The highest BCUT2D eigenvalue weighted by Crippen LogP contribution is 2.14. The van der Waals surface area contributed by atoms with E-state index in [2.05, 4.69) is 10.6 Å². The fourth-order valence-corrected chi connectivity index (χ4v) is 2.24. The maximum atomic E-state index is 12.2. The molecule has 0 radical (unpaired) electrons. The SMILES string of the molecule is CC(C)CC(NC(=O)[C@@H]1CCCN1)C(=O)OC(C)(C)C. The second-order valence-corrected chi connectivity index (χ2v) is 6.87. The quantitative estimate of drug-likeness (QED) is 0.753.